The lowest BCUT2D eigenvalue weighted by atomic mass is 9.73. The van der Waals surface area contributed by atoms with Crippen molar-refractivity contribution in [2.24, 2.45) is 0 Å². The Hall–Kier alpha value is -1.74. The third-order valence-corrected chi connectivity index (χ3v) is 3.01. The Kier molecular flexibility index (Phi) is 2.25. The van der Waals surface area contributed by atoms with E-state index in [1.165, 1.54) is 11.1 Å². The molecule has 2 rings (SSSR count). The van der Waals surface area contributed by atoms with Gasteiger partial charge in [0.2, 0.25) is 0 Å². The molecule has 0 saturated heterocycles. The molecule has 1 unspecified atom stereocenters. The molecule has 0 radical (unpaired) electrons. The molecule has 0 saturated carbocycles. The van der Waals surface area contributed by atoms with Crippen LogP contribution in [0.2, 0.25) is 0 Å². The van der Waals surface area contributed by atoms with Crippen LogP contribution >= 0.6 is 0 Å². The predicted molar refractivity (Wildman–Crippen MR) is 65.4 cm³/mol. The van der Waals surface area contributed by atoms with Gasteiger partial charge in [0.05, 0.1) is 0 Å². The Morgan fingerprint density at radius 2 is 2.13 bits per heavy atom. The lowest BCUT2D eigenvalue weighted by Gasteiger charge is -2.30. The first-order chi connectivity index (χ1) is 7.17. The molecule has 0 fully saturated rings. The predicted octanol–water partition coefficient (Wildman–Crippen LogP) is 3.55. The van der Waals surface area contributed by atoms with Crippen molar-refractivity contribution in [3.63, 3.8) is 0 Å². The van der Waals surface area contributed by atoms with E-state index >= 15 is 0 Å². The van der Waals surface area contributed by atoms with Crippen LogP contribution in [0.5, 0.6) is 0 Å². The molecule has 0 aliphatic heterocycles. The molecule has 15 heavy (non-hydrogen) atoms. The molecular formula is C15H14. The molecule has 1 aromatic rings. The average Bonchev–Trinajstić information content (AvgIpc) is 2.25. The zero-order chi connectivity index (χ0) is 10.9. The molecule has 0 bridgehead atoms. The van der Waals surface area contributed by atoms with Crippen LogP contribution in [0.15, 0.2) is 43.0 Å². The minimum Gasteiger partial charge on any atom is -0.120 e. The van der Waals surface area contributed by atoms with Gasteiger partial charge in [-0.2, -0.15) is 0 Å². The lowest BCUT2D eigenvalue weighted by molar-refractivity contribution is 0.610. The molecule has 1 atom stereocenters. The zero-order valence-electron chi connectivity index (χ0n) is 8.96. The molecule has 0 N–H and O–H groups in total. The van der Waals surface area contributed by atoms with Crippen LogP contribution in [0.3, 0.4) is 0 Å². The second kappa shape index (κ2) is 3.44. The quantitative estimate of drug-likeness (QED) is 0.600. The third kappa shape index (κ3) is 1.51. The summed E-state index contributed by atoms with van der Waals surface area (Å²) in [5, 5.41) is 0. The Morgan fingerprint density at radius 3 is 2.87 bits per heavy atom. The highest BCUT2D eigenvalue weighted by molar-refractivity contribution is 5.78. The number of hydrogen-bond acceptors (Lipinski definition) is 0. The van der Waals surface area contributed by atoms with Gasteiger partial charge < -0.3 is 0 Å². The Labute approximate surface area is 91.3 Å². The van der Waals surface area contributed by atoms with E-state index in [1.807, 2.05) is 6.07 Å². The lowest BCUT2D eigenvalue weighted by Crippen LogP contribution is -2.22. The van der Waals surface area contributed by atoms with Crippen LogP contribution < -0.4 is 0 Å². The van der Waals surface area contributed by atoms with Crippen molar-refractivity contribution in [3.05, 3.63) is 54.1 Å². The molecule has 0 nitrogen and oxygen atoms in total. The minimum absolute atomic E-state index is 0.0352. The van der Waals surface area contributed by atoms with Crippen LogP contribution in [-0.2, 0) is 5.41 Å². The summed E-state index contributed by atoms with van der Waals surface area (Å²) in [6.45, 7) is 6.22. The van der Waals surface area contributed by atoms with Crippen molar-refractivity contribution in [3.8, 4) is 12.3 Å². The molecule has 0 aromatic heterocycles. The second-order valence-electron chi connectivity index (χ2n) is 4.20. The van der Waals surface area contributed by atoms with Crippen molar-refractivity contribution < 1.29 is 0 Å². The van der Waals surface area contributed by atoms with Crippen LogP contribution in [-0.4, -0.2) is 0 Å². The van der Waals surface area contributed by atoms with Crippen molar-refractivity contribution in [2.45, 2.75) is 18.8 Å². The van der Waals surface area contributed by atoms with Gasteiger partial charge in [-0.25, -0.2) is 0 Å². The Morgan fingerprint density at radius 1 is 1.40 bits per heavy atom. The Bertz CT molecular complexity index is 471. The van der Waals surface area contributed by atoms with Gasteiger partial charge in [-0.15, -0.1) is 12.3 Å². The SMILES string of the molecule is C#CCC1(C)C=CC(=C)c2ccccc21. The summed E-state index contributed by atoms with van der Waals surface area (Å²) in [5.41, 5.74) is 3.54. The van der Waals surface area contributed by atoms with E-state index in [4.69, 9.17) is 6.42 Å². The van der Waals surface area contributed by atoms with Crippen LogP contribution in [0.1, 0.15) is 24.5 Å². The molecule has 1 aliphatic rings. The largest absolute Gasteiger partial charge is 0.120 e. The van der Waals surface area contributed by atoms with E-state index in [9.17, 15) is 0 Å². The standard InChI is InChI=1S/C15H14/c1-4-10-15(3)11-9-12(2)13-7-5-6-8-14(13)15/h1,5-9,11H,2,10H2,3H3. The summed E-state index contributed by atoms with van der Waals surface area (Å²) in [4.78, 5) is 0. The summed E-state index contributed by atoms with van der Waals surface area (Å²) in [5.74, 6) is 2.75. The van der Waals surface area contributed by atoms with E-state index < -0.39 is 0 Å². The number of hydrogen-bond donors (Lipinski definition) is 0. The van der Waals surface area contributed by atoms with Crippen LogP contribution in [0.4, 0.5) is 0 Å². The summed E-state index contributed by atoms with van der Waals surface area (Å²) < 4.78 is 0. The van der Waals surface area contributed by atoms with Gasteiger partial charge in [0, 0.05) is 11.8 Å². The van der Waals surface area contributed by atoms with Crippen molar-refractivity contribution in [1.82, 2.24) is 0 Å². The number of benzene rings is 1. The first kappa shape index (κ1) is 9.80. The van der Waals surface area contributed by atoms with Crippen molar-refractivity contribution in [1.29, 1.82) is 0 Å². The molecule has 0 heterocycles. The maximum Gasteiger partial charge on any atom is 0.0222 e. The topological polar surface area (TPSA) is 0 Å². The Balaban J connectivity index is 2.60. The van der Waals surface area contributed by atoms with E-state index in [2.05, 4.69) is 49.8 Å². The van der Waals surface area contributed by atoms with Crippen molar-refractivity contribution in [2.75, 3.05) is 0 Å². The van der Waals surface area contributed by atoms with Gasteiger partial charge in [-0.3, -0.25) is 0 Å². The minimum atomic E-state index is -0.0352. The average molecular weight is 194 g/mol. The van der Waals surface area contributed by atoms with Gasteiger partial charge in [0.15, 0.2) is 0 Å². The first-order valence-corrected chi connectivity index (χ1v) is 5.09. The van der Waals surface area contributed by atoms with Gasteiger partial charge in [-0.1, -0.05) is 49.9 Å². The van der Waals surface area contributed by atoms with Crippen molar-refractivity contribution >= 4 is 5.57 Å². The first-order valence-electron chi connectivity index (χ1n) is 5.09. The molecular weight excluding hydrogens is 180 g/mol. The molecule has 0 heteroatoms. The number of rotatable bonds is 1. The van der Waals surface area contributed by atoms with E-state index in [0.717, 1.165) is 12.0 Å². The smallest absolute Gasteiger partial charge is 0.0222 e. The van der Waals surface area contributed by atoms with Gasteiger partial charge >= 0.3 is 0 Å². The highest BCUT2D eigenvalue weighted by Gasteiger charge is 2.28. The van der Waals surface area contributed by atoms with Crippen LogP contribution in [0, 0.1) is 12.3 Å². The van der Waals surface area contributed by atoms with E-state index in [-0.39, 0.29) is 5.41 Å². The number of terminal acetylenes is 1. The highest BCUT2D eigenvalue weighted by Crippen LogP contribution is 2.38. The molecule has 1 aliphatic carbocycles. The fraction of sp³-hybridized carbons (Fsp3) is 0.200. The monoisotopic (exact) mass is 194 g/mol. The number of fused-ring (bicyclic) bond motifs is 1. The van der Waals surface area contributed by atoms with Gasteiger partial charge in [0.1, 0.15) is 0 Å². The molecule has 0 spiro atoms. The summed E-state index contributed by atoms with van der Waals surface area (Å²) in [6, 6.07) is 8.34. The van der Waals surface area contributed by atoms with E-state index in [1.54, 1.807) is 0 Å². The van der Waals surface area contributed by atoms with Gasteiger partial charge in [0.25, 0.3) is 0 Å². The molecule has 1 aromatic carbocycles. The fourth-order valence-corrected chi connectivity index (χ4v) is 2.09. The normalized spacial score (nSPS) is 23.3. The summed E-state index contributed by atoms with van der Waals surface area (Å²) in [6.07, 6.45) is 10.4. The van der Waals surface area contributed by atoms with Gasteiger partial charge in [-0.05, 0) is 16.7 Å². The maximum absolute atomic E-state index is 5.43. The maximum atomic E-state index is 5.43. The summed E-state index contributed by atoms with van der Waals surface area (Å²) in [7, 11) is 0. The highest BCUT2D eigenvalue weighted by atomic mass is 14.3. The van der Waals surface area contributed by atoms with Crippen LogP contribution in [0.25, 0.3) is 5.57 Å². The number of allylic oxidation sites excluding steroid dienone is 3. The van der Waals surface area contributed by atoms with E-state index in [0.29, 0.717) is 0 Å². The second-order valence-corrected chi connectivity index (χ2v) is 4.20. The summed E-state index contributed by atoms with van der Waals surface area (Å²) >= 11 is 0. The molecule has 0 amide bonds. The fourth-order valence-electron chi connectivity index (χ4n) is 2.09. The third-order valence-electron chi connectivity index (χ3n) is 3.01. The zero-order valence-corrected chi connectivity index (χ0v) is 8.96. The molecule has 74 valence electrons.